The lowest BCUT2D eigenvalue weighted by Crippen LogP contribution is -1.86. The molecule has 0 saturated carbocycles. The minimum Gasteiger partial charge on any atom is -0.204 e. The average molecular weight is 258 g/mol. The first-order valence-corrected chi connectivity index (χ1v) is 4.55. The van der Waals surface area contributed by atoms with Gasteiger partial charge < -0.3 is 0 Å². The zero-order chi connectivity index (χ0) is 8.43. The molecule has 11 heavy (non-hydrogen) atoms. The molecule has 0 amide bonds. The van der Waals surface area contributed by atoms with Crippen LogP contribution in [0.3, 0.4) is 0 Å². The highest BCUT2D eigenvalue weighted by Crippen LogP contribution is 2.27. The first kappa shape index (κ1) is 9.30. The van der Waals surface area contributed by atoms with Crippen LogP contribution in [-0.4, -0.2) is 0 Å². The third kappa shape index (κ3) is 1.86. The van der Waals surface area contributed by atoms with E-state index in [1.165, 1.54) is 6.07 Å². The molecule has 0 aliphatic carbocycles. The predicted octanol–water partition coefficient (Wildman–Crippen LogP) is 3.98. The molecule has 0 spiro atoms. The van der Waals surface area contributed by atoms with Gasteiger partial charge in [-0.25, -0.2) is 4.39 Å². The Kier molecular flexibility index (Phi) is 3.16. The number of rotatable bonds is 1. The molecule has 0 unspecified atom stereocenters. The largest absolute Gasteiger partial charge is 0.204 e. The van der Waals surface area contributed by atoms with Gasteiger partial charge in [-0.15, -0.1) is 11.6 Å². The second-order valence-corrected chi connectivity index (χ2v) is 3.44. The topological polar surface area (TPSA) is 0 Å². The Hall–Kier alpha value is 0.210. The van der Waals surface area contributed by atoms with Crippen molar-refractivity contribution in [2.75, 3.05) is 0 Å². The third-order valence-electron chi connectivity index (χ3n) is 1.26. The van der Waals surface area contributed by atoms with E-state index in [4.69, 9.17) is 23.2 Å². The van der Waals surface area contributed by atoms with Crippen molar-refractivity contribution in [1.29, 1.82) is 0 Å². The summed E-state index contributed by atoms with van der Waals surface area (Å²) in [5.41, 5.74) is 0.702. The first-order chi connectivity index (χ1) is 5.16. The normalized spacial score (nSPS) is 10.2. The van der Waals surface area contributed by atoms with E-state index in [0.717, 1.165) is 0 Å². The third-order valence-corrected chi connectivity index (χ3v) is 2.70. The van der Waals surface area contributed by atoms with Crippen LogP contribution in [0.2, 0.25) is 5.02 Å². The fraction of sp³-hybridized carbons (Fsp3) is 0.143. The van der Waals surface area contributed by atoms with Crippen LogP contribution in [0, 0.1) is 5.82 Å². The van der Waals surface area contributed by atoms with Gasteiger partial charge in [-0.05, 0) is 27.6 Å². The molecule has 1 aromatic rings. The van der Waals surface area contributed by atoms with Crippen molar-refractivity contribution in [2.45, 2.75) is 5.88 Å². The smallest absolute Gasteiger partial charge is 0.156 e. The molecule has 0 heterocycles. The summed E-state index contributed by atoms with van der Waals surface area (Å²) in [4.78, 5) is 0. The van der Waals surface area contributed by atoms with Crippen molar-refractivity contribution < 1.29 is 4.39 Å². The number of benzene rings is 1. The number of hydrogen-bond donors (Lipinski definition) is 0. The van der Waals surface area contributed by atoms with Crippen molar-refractivity contribution in [2.24, 2.45) is 0 Å². The summed E-state index contributed by atoms with van der Waals surface area (Å²) in [5, 5.41) is 0.103. The highest BCUT2D eigenvalue weighted by atomic mass is 79.9. The summed E-state index contributed by atoms with van der Waals surface area (Å²) in [5.74, 6) is -0.181. The monoisotopic (exact) mass is 256 g/mol. The quantitative estimate of drug-likeness (QED) is 0.527. The molecule has 0 atom stereocenters. The van der Waals surface area contributed by atoms with Crippen molar-refractivity contribution in [3.63, 3.8) is 0 Å². The van der Waals surface area contributed by atoms with Crippen LogP contribution in [0.5, 0.6) is 0 Å². The lowest BCUT2D eigenvalue weighted by Gasteiger charge is -2.01. The molecule has 1 rings (SSSR count). The molecule has 0 N–H and O–H groups in total. The van der Waals surface area contributed by atoms with E-state index >= 15 is 0 Å². The van der Waals surface area contributed by atoms with Gasteiger partial charge in [0.1, 0.15) is 0 Å². The van der Waals surface area contributed by atoms with Crippen molar-refractivity contribution in [3.8, 4) is 0 Å². The molecule has 4 heteroatoms. The molecule has 0 aromatic heterocycles. The van der Waals surface area contributed by atoms with E-state index in [1.54, 1.807) is 6.07 Å². The minimum atomic E-state index is -0.454. The maximum Gasteiger partial charge on any atom is 0.156 e. The van der Waals surface area contributed by atoms with E-state index in [-0.39, 0.29) is 10.9 Å². The summed E-state index contributed by atoms with van der Waals surface area (Å²) in [7, 11) is 0. The maximum atomic E-state index is 12.9. The molecule has 0 aliphatic rings. The highest BCUT2D eigenvalue weighted by molar-refractivity contribution is 9.10. The maximum absolute atomic E-state index is 12.9. The molecule has 0 bridgehead atoms. The molecule has 0 radical (unpaired) electrons. The zero-order valence-corrected chi connectivity index (χ0v) is 8.47. The van der Waals surface area contributed by atoms with Gasteiger partial charge in [0.05, 0.1) is 9.50 Å². The van der Waals surface area contributed by atoms with Crippen molar-refractivity contribution >= 4 is 39.1 Å². The van der Waals surface area contributed by atoms with Gasteiger partial charge in [0.15, 0.2) is 5.82 Å². The van der Waals surface area contributed by atoms with E-state index in [9.17, 15) is 4.39 Å². The molecule has 60 valence electrons. The number of hydrogen-bond acceptors (Lipinski definition) is 0. The summed E-state index contributed by atoms with van der Waals surface area (Å²) in [6.45, 7) is 0. The Labute approximate surface area is 82.4 Å². The lowest BCUT2D eigenvalue weighted by atomic mass is 10.2. The molecule has 1 aromatic carbocycles. The van der Waals surface area contributed by atoms with Crippen LogP contribution >= 0.6 is 39.1 Å². The van der Waals surface area contributed by atoms with E-state index < -0.39 is 5.82 Å². The predicted molar refractivity (Wildman–Crippen MR) is 48.7 cm³/mol. The van der Waals surface area contributed by atoms with Crippen molar-refractivity contribution in [3.05, 3.63) is 33.0 Å². The van der Waals surface area contributed by atoms with Crippen LogP contribution in [0.1, 0.15) is 5.56 Å². The van der Waals surface area contributed by atoms with Gasteiger partial charge in [0, 0.05) is 5.88 Å². The standard InChI is InChI=1S/C7H4BrCl2F/c8-6-4(3-9)1-2-5(10)7(6)11/h1-2H,3H2. The molecule has 0 saturated heterocycles. The minimum absolute atomic E-state index is 0.103. The van der Waals surface area contributed by atoms with Gasteiger partial charge in [-0.1, -0.05) is 17.7 Å². The second-order valence-electron chi connectivity index (χ2n) is 1.97. The lowest BCUT2D eigenvalue weighted by molar-refractivity contribution is 0.620. The van der Waals surface area contributed by atoms with Gasteiger partial charge in [0.2, 0.25) is 0 Å². The van der Waals surface area contributed by atoms with Gasteiger partial charge in [-0.2, -0.15) is 0 Å². The van der Waals surface area contributed by atoms with Crippen LogP contribution in [-0.2, 0) is 5.88 Å². The summed E-state index contributed by atoms with van der Waals surface area (Å²) in [6.07, 6.45) is 0. The Bertz CT molecular complexity index is 275. The molecule has 0 nitrogen and oxygen atoms in total. The fourth-order valence-corrected chi connectivity index (χ4v) is 1.81. The Morgan fingerprint density at radius 3 is 2.64 bits per heavy atom. The van der Waals surface area contributed by atoms with Crippen LogP contribution in [0.25, 0.3) is 0 Å². The number of halogens is 4. The van der Waals surface area contributed by atoms with Crippen LogP contribution in [0.4, 0.5) is 4.39 Å². The molecule has 0 aliphatic heterocycles. The summed E-state index contributed by atoms with van der Waals surface area (Å²) >= 11 is 14.1. The van der Waals surface area contributed by atoms with Gasteiger partial charge in [0.25, 0.3) is 0 Å². The SMILES string of the molecule is Fc1c(Cl)ccc(CCl)c1Br. The van der Waals surface area contributed by atoms with Crippen LogP contribution in [0.15, 0.2) is 16.6 Å². The average Bonchev–Trinajstić information content (AvgIpc) is 2.01. The fourth-order valence-electron chi connectivity index (χ4n) is 0.669. The van der Waals surface area contributed by atoms with Gasteiger partial charge >= 0.3 is 0 Å². The molecule has 0 fully saturated rings. The Morgan fingerprint density at radius 1 is 1.45 bits per heavy atom. The van der Waals surface area contributed by atoms with E-state index in [0.29, 0.717) is 10.0 Å². The first-order valence-electron chi connectivity index (χ1n) is 2.85. The van der Waals surface area contributed by atoms with E-state index in [1.807, 2.05) is 0 Å². The van der Waals surface area contributed by atoms with E-state index in [2.05, 4.69) is 15.9 Å². The van der Waals surface area contributed by atoms with Crippen molar-refractivity contribution in [1.82, 2.24) is 0 Å². The summed E-state index contributed by atoms with van der Waals surface area (Å²) in [6, 6.07) is 3.17. The Balaban J connectivity index is 3.25. The molecular weight excluding hydrogens is 254 g/mol. The zero-order valence-electron chi connectivity index (χ0n) is 5.37. The highest BCUT2D eigenvalue weighted by Gasteiger charge is 2.07. The van der Waals surface area contributed by atoms with Gasteiger partial charge in [-0.3, -0.25) is 0 Å². The Morgan fingerprint density at radius 2 is 2.09 bits per heavy atom. The second kappa shape index (κ2) is 3.74. The number of alkyl halides is 1. The molecular formula is C7H4BrCl2F. The summed E-state index contributed by atoms with van der Waals surface area (Å²) < 4.78 is 13.3. The van der Waals surface area contributed by atoms with Crippen LogP contribution < -0.4 is 0 Å².